The number of thioether (sulfide) groups is 1. The number of hydrogen-bond acceptors (Lipinski definition) is 4. The fourth-order valence-corrected chi connectivity index (χ4v) is 3.09. The Labute approximate surface area is 143 Å². The molecule has 0 aliphatic heterocycles. The summed E-state index contributed by atoms with van der Waals surface area (Å²) in [6.07, 6.45) is 1.09. The Morgan fingerprint density at radius 2 is 1.75 bits per heavy atom. The largest absolute Gasteiger partial charge is 0.322 e. The number of carbonyl (C=O) groups excluding carboxylic acids is 1. The minimum atomic E-state index is -3.38. The molecule has 24 heavy (non-hydrogen) atoms. The van der Waals surface area contributed by atoms with Crippen molar-refractivity contribution in [1.82, 2.24) is 0 Å². The van der Waals surface area contributed by atoms with Gasteiger partial charge in [0.2, 0.25) is 0 Å². The lowest BCUT2D eigenvalue weighted by Crippen LogP contribution is -2.13. The van der Waals surface area contributed by atoms with Gasteiger partial charge in [0.15, 0.2) is 9.84 Å². The molecule has 0 aliphatic carbocycles. The van der Waals surface area contributed by atoms with Crippen LogP contribution in [0.5, 0.6) is 0 Å². The van der Waals surface area contributed by atoms with Crippen LogP contribution in [0.4, 0.5) is 14.5 Å². The standard InChI is InChI=1S/C16H15F2NO3S2/c1-10-3-8-13(24(2,21)22)9-14(10)19-15(20)11-4-6-12(7-5-11)23-16(17)18/h3-9,16H,1-2H3,(H,19,20). The molecule has 0 saturated heterocycles. The number of rotatable bonds is 5. The van der Waals surface area contributed by atoms with Crippen molar-refractivity contribution >= 4 is 33.2 Å². The number of aryl methyl sites for hydroxylation is 1. The number of amides is 1. The smallest absolute Gasteiger partial charge is 0.288 e. The van der Waals surface area contributed by atoms with E-state index in [1.807, 2.05) is 0 Å². The highest BCUT2D eigenvalue weighted by atomic mass is 32.2. The number of hydrogen-bond donors (Lipinski definition) is 1. The van der Waals surface area contributed by atoms with Crippen molar-refractivity contribution in [3.63, 3.8) is 0 Å². The van der Waals surface area contributed by atoms with Crippen LogP contribution >= 0.6 is 11.8 Å². The van der Waals surface area contributed by atoms with Gasteiger partial charge in [0, 0.05) is 22.4 Å². The Hall–Kier alpha value is -1.93. The predicted molar refractivity (Wildman–Crippen MR) is 90.5 cm³/mol. The van der Waals surface area contributed by atoms with Crippen LogP contribution in [0.25, 0.3) is 0 Å². The van der Waals surface area contributed by atoms with E-state index in [0.29, 0.717) is 27.9 Å². The highest BCUT2D eigenvalue weighted by Gasteiger charge is 2.13. The molecule has 2 aromatic carbocycles. The third-order valence-corrected chi connectivity index (χ3v) is 5.06. The molecule has 0 fully saturated rings. The zero-order valence-electron chi connectivity index (χ0n) is 12.9. The predicted octanol–water partition coefficient (Wildman–Crippen LogP) is 3.97. The summed E-state index contributed by atoms with van der Waals surface area (Å²) in [5.41, 5.74) is 1.38. The third kappa shape index (κ3) is 4.78. The Morgan fingerprint density at radius 3 is 2.29 bits per heavy atom. The number of anilines is 1. The molecule has 0 heterocycles. The highest BCUT2D eigenvalue weighted by molar-refractivity contribution is 7.99. The van der Waals surface area contributed by atoms with Crippen LogP contribution < -0.4 is 5.32 Å². The fourth-order valence-electron chi connectivity index (χ4n) is 1.95. The maximum absolute atomic E-state index is 12.3. The van der Waals surface area contributed by atoms with Crippen LogP contribution in [-0.2, 0) is 9.84 Å². The Morgan fingerprint density at radius 1 is 1.12 bits per heavy atom. The van der Waals surface area contributed by atoms with Crippen molar-refractivity contribution in [3.8, 4) is 0 Å². The molecule has 0 unspecified atom stereocenters. The van der Waals surface area contributed by atoms with E-state index in [0.717, 1.165) is 6.26 Å². The van der Waals surface area contributed by atoms with Crippen molar-refractivity contribution in [2.45, 2.75) is 22.5 Å². The van der Waals surface area contributed by atoms with Crippen LogP contribution in [0.3, 0.4) is 0 Å². The van der Waals surface area contributed by atoms with Crippen LogP contribution in [0.1, 0.15) is 15.9 Å². The molecular weight excluding hydrogens is 356 g/mol. The summed E-state index contributed by atoms with van der Waals surface area (Å²) >= 11 is 0.398. The average molecular weight is 371 g/mol. The summed E-state index contributed by atoms with van der Waals surface area (Å²) in [4.78, 5) is 12.7. The molecule has 2 rings (SSSR count). The Kier molecular flexibility index (Phi) is 5.61. The second-order valence-corrected chi connectivity index (χ2v) is 8.19. The van der Waals surface area contributed by atoms with Gasteiger partial charge in [0.25, 0.3) is 11.7 Å². The zero-order chi connectivity index (χ0) is 17.9. The van der Waals surface area contributed by atoms with Crippen molar-refractivity contribution in [1.29, 1.82) is 0 Å². The molecule has 0 saturated carbocycles. The zero-order valence-corrected chi connectivity index (χ0v) is 14.5. The van der Waals surface area contributed by atoms with E-state index in [1.165, 1.54) is 36.4 Å². The Bertz CT molecular complexity index is 850. The molecule has 128 valence electrons. The first-order valence-electron chi connectivity index (χ1n) is 6.84. The first kappa shape index (κ1) is 18.4. The number of carbonyl (C=O) groups is 1. The lowest BCUT2D eigenvalue weighted by molar-refractivity contribution is 0.102. The molecule has 1 amide bonds. The minimum absolute atomic E-state index is 0.104. The number of benzene rings is 2. The van der Waals surface area contributed by atoms with E-state index in [4.69, 9.17) is 0 Å². The third-order valence-electron chi connectivity index (χ3n) is 3.23. The summed E-state index contributed by atoms with van der Waals surface area (Å²) in [5, 5.41) is 2.64. The van der Waals surface area contributed by atoms with Crippen molar-refractivity contribution < 1.29 is 22.0 Å². The van der Waals surface area contributed by atoms with Crippen LogP contribution in [-0.4, -0.2) is 26.3 Å². The molecule has 0 bridgehead atoms. The molecule has 8 heteroatoms. The van der Waals surface area contributed by atoms with E-state index < -0.39 is 21.5 Å². The summed E-state index contributed by atoms with van der Waals surface area (Å²) in [6, 6.07) is 10.2. The van der Waals surface area contributed by atoms with Gasteiger partial charge in [-0.3, -0.25) is 4.79 Å². The van der Waals surface area contributed by atoms with Gasteiger partial charge in [-0.05, 0) is 48.9 Å². The van der Waals surface area contributed by atoms with E-state index in [1.54, 1.807) is 13.0 Å². The first-order chi connectivity index (χ1) is 11.2. The summed E-state index contributed by atoms with van der Waals surface area (Å²) in [5.74, 6) is -2.97. The van der Waals surface area contributed by atoms with Gasteiger partial charge in [-0.1, -0.05) is 17.8 Å². The quantitative estimate of drug-likeness (QED) is 0.808. The maximum Gasteiger partial charge on any atom is 0.288 e. The molecule has 2 aromatic rings. The van der Waals surface area contributed by atoms with Gasteiger partial charge in [-0.15, -0.1) is 0 Å². The van der Waals surface area contributed by atoms with E-state index in [9.17, 15) is 22.0 Å². The monoisotopic (exact) mass is 371 g/mol. The molecule has 0 atom stereocenters. The second kappa shape index (κ2) is 7.31. The molecule has 0 spiro atoms. The van der Waals surface area contributed by atoms with Gasteiger partial charge < -0.3 is 5.32 Å². The molecule has 0 aromatic heterocycles. The maximum atomic E-state index is 12.3. The van der Waals surface area contributed by atoms with E-state index in [-0.39, 0.29) is 10.5 Å². The van der Waals surface area contributed by atoms with Crippen LogP contribution in [0, 0.1) is 6.92 Å². The van der Waals surface area contributed by atoms with Gasteiger partial charge in [0.05, 0.1) is 4.90 Å². The number of halogens is 2. The number of alkyl halides is 2. The lowest BCUT2D eigenvalue weighted by Gasteiger charge is -2.10. The van der Waals surface area contributed by atoms with Crippen molar-refractivity contribution in [2.75, 3.05) is 11.6 Å². The summed E-state index contributed by atoms with van der Waals surface area (Å²) in [6.45, 7) is 1.74. The van der Waals surface area contributed by atoms with E-state index >= 15 is 0 Å². The molecule has 4 nitrogen and oxygen atoms in total. The lowest BCUT2D eigenvalue weighted by atomic mass is 10.1. The minimum Gasteiger partial charge on any atom is -0.322 e. The summed E-state index contributed by atoms with van der Waals surface area (Å²) in [7, 11) is -3.38. The SMILES string of the molecule is Cc1ccc(S(C)(=O)=O)cc1NC(=O)c1ccc(SC(F)F)cc1. The van der Waals surface area contributed by atoms with Crippen molar-refractivity contribution in [2.24, 2.45) is 0 Å². The second-order valence-electron chi connectivity index (χ2n) is 5.11. The van der Waals surface area contributed by atoms with Crippen molar-refractivity contribution in [3.05, 3.63) is 53.6 Å². The fraction of sp³-hybridized carbons (Fsp3) is 0.188. The number of nitrogens with one attached hydrogen (secondary N) is 1. The molecular formula is C16H15F2NO3S2. The van der Waals surface area contributed by atoms with Gasteiger partial charge in [-0.2, -0.15) is 8.78 Å². The Balaban J connectivity index is 2.20. The molecule has 1 N–H and O–H groups in total. The molecule has 0 aliphatic rings. The van der Waals surface area contributed by atoms with Gasteiger partial charge in [-0.25, -0.2) is 8.42 Å². The van der Waals surface area contributed by atoms with Gasteiger partial charge in [0.1, 0.15) is 0 Å². The average Bonchev–Trinajstić information content (AvgIpc) is 2.48. The first-order valence-corrected chi connectivity index (χ1v) is 9.61. The van der Waals surface area contributed by atoms with Crippen LogP contribution in [0.2, 0.25) is 0 Å². The van der Waals surface area contributed by atoms with E-state index in [2.05, 4.69) is 5.32 Å². The normalized spacial score (nSPS) is 11.5. The summed E-state index contributed by atoms with van der Waals surface area (Å²) < 4.78 is 47.8. The highest BCUT2D eigenvalue weighted by Crippen LogP contribution is 2.26. The van der Waals surface area contributed by atoms with Gasteiger partial charge >= 0.3 is 0 Å². The number of sulfone groups is 1. The molecule has 0 radical (unpaired) electrons. The van der Waals surface area contributed by atoms with Crippen LogP contribution in [0.15, 0.2) is 52.3 Å². The topological polar surface area (TPSA) is 63.2 Å².